The monoisotopic (exact) mass is 261 g/mol. The van der Waals surface area contributed by atoms with Crippen LogP contribution in [0.15, 0.2) is 39.9 Å². The first kappa shape index (κ1) is 12.9. The van der Waals surface area contributed by atoms with Crippen molar-refractivity contribution in [3.63, 3.8) is 0 Å². The van der Waals surface area contributed by atoms with Crippen molar-refractivity contribution in [3.8, 4) is 5.75 Å². The maximum absolute atomic E-state index is 11.7. The minimum Gasteiger partial charge on any atom is -0.494 e. The Balaban J connectivity index is 2.42. The van der Waals surface area contributed by atoms with Gasteiger partial charge in [-0.25, -0.2) is 4.68 Å². The second-order valence-electron chi connectivity index (χ2n) is 4.03. The fraction of sp³-hybridized carbons (Fsp3) is 0.231. The molecular formula is C13H15N3O3. The number of H-pyrrole nitrogens is 1. The highest BCUT2D eigenvalue weighted by Crippen LogP contribution is 2.21. The summed E-state index contributed by atoms with van der Waals surface area (Å²) in [5.74, 6) is 0.647. The van der Waals surface area contributed by atoms with Crippen molar-refractivity contribution in [1.29, 1.82) is 0 Å². The van der Waals surface area contributed by atoms with Crippen LogP contribution in [0.3, 0.4) is 0 Å². The molecular weight excluding hydrogens is 246 g/mol. The van der Waals surface area contributed by atoms with Crippen LogP contribution in [0.5, 0.6) is 5.75 Å². The fourth-order valence-electron chi connectivity index (χ4n) is 1.77. The molecule has 3 N–H and O–H groups in total. The lowest BCUT2D eigenvalue weighted by Gasteiger charge is -2.12. The van der Waals surface area contributed by atoms with E-state index in [9.17, 15) is 9.59 Å². The number of benzene rings is 1. The third kappa shape index (κ3) is 3.04. The van der Waals surface area contributed by atoms with E-state index in [1.165, 1.54) is 16.8 Å². The Morgan fingerprint density at radius 2 is 2.05 bits per heavy atom. The SMILES string of the molecule is CCOc1ccc(N)cc1Cn1[nH]c(=O)ccc1=O. The molecule has 1 aromatic carbocycles. The van der Waals surface area contributed by atoms with Gasteiger partial charge in [0.15, 0.2) is 0 Å². The molecule has 0 spiro atoms. The molecule has 0 radical (unpaired) electrons. The van der Waals surface area contributed by atoms with E-state index in [4.69, 9.17) is 10.5 Å². The van der Waals surface area contributed by atoms with E-state index in [-0.39, 0.29) is 17.7 Å². The number of hydrogen-bond acceptors (Lipinski definition) is 4. The normalized spacial score (nSPS) is 10.4. The molecule has 0 atom stereocenters. The van der Waals surface area contributed by atoms with Gasteiger partial charge in [-0.05, 0) is 25.1 Å². The van der Waals surface area contributed by atoms with Crippen LogP contribution in [0, 0.1) is 0 Å². The summed E-state index contributed by atoms with van der Waals surface area (Å²) in [7, 11) is 0. The molecule has 0 amide bonds. The number of anilines is 1. The molecule has 0 fully saturated rings. The molecule has 6 nitrogen and oxygen atoms in total. The Labute approximate surface area is 109 Å². The molecule has 2 rings (SSSR count). The van der Waals surface area contributed by atoms with Crippen LogP contribution < -0.4 is 21.6 Å². The lowest BCUT2D eigenvalue weighted by atomic mass is 10.2. The van der Waals surface area contributed by atoms with Gasteiger partial charge in [0, 0.05) is 23.4 Å². The zero-order valence-corrected chi connectivity index (χ0v) is 10.6. The topological polar surface area (TPSA) is 90.1 Å². The van der Waals surface area contributed by atoms with E-state index >= 15 is 0 Å². The Morgan fingerprint density at radius 3 is 2.79 bits per heavy atom. The van der Waals surface area contributed by atoms with Crippen molar-refractivity contribution in [3.05, 3.63) is 56.6 Å². The third-order valence-electron chi connectivity index (χ3n) is 2.60. The maximum Gasteiger partial charge on any atom is 0.265 e. The largest absolute Gasteiger partial charge is 0.494 e. The van der Waals surface area contributed by atoms with Gasteiger partial charge in [0.1, 0.15) is 5.75 Å². The smallest absolute Gasteiger partial charge is 0.265 e. The quantitative estimate of drug-likeness (QED) is 0.787. The summed E-state index contributed by atoms with van der Waals surface area (Å²) in [5, 5.41) is 2.47. The standard InChI is InChI=1S/C13H15N3O3/c1-2-19-11-4-3-10(14)7-9(11)8-16-13(18)6-5-12(17)15-16/h3-7H,2,8,14H2,1H3,(H,15,17). The number of rotatable bonds is 4. The van der Waals surface area contributed by atoms with Crippen LogP contribution in [-0.2, 0) is 6.54 Å². The Kier molecular flexibility index (Phi) is 3.70. The molecule has 0 aliphatic rings. The predicted molar refractivity (Wildman–Crippen MR) is 72.4 cm³/mol. The molecule has 1 heterocycles. The van der Waals surface area contributed by atoms with Crippen molar-refractivity contribution in [2.45, 2.75) is 13.5 Å². The fourth-order valence-corrected chi connectivity index (χ4v) is 1.77. The Hall–Kier alpha value is -2.50. The van der Waals surface area contributed by atoms with Gasteiger partial charge in [0.2, 0.25) is 0 Å². The lowest BCUT2D eigenvalue weighted by molar-refractivity contribution is 0.335. The summed E-state index contributed by atoms with van der Waals surface area (Å²) < 4.78 is 6.69. The highest BCUT2D eigenvalue weighted by atomic mass is 16.5. The Bertz CT molecular complexity index is 688. The molecule has 100 valence electrons. The zero-order valence-electron chi connectivity index (χ0n) is 10.6. The zero-order chi connectivity index (χ0) is 13.8. The predicted octanol–water partition coefficient (Wildman–Crippen LogP) is 0.566. The van der Waals surface area contributed by atoms with Gasteiger partial charge in [-0.3, -0.25) is 14.7 Å². The van der Waals surface area contributed by atoms with Crippen LogP contribution in [0.1, 0.15) is 12.5 Å². The number of ether oxygens (including phenoxy) is 1. The van der Waals surface area contributed by atoms with Crippen molar-refractivity contribution in [2.24, 2.45) is 0 Å². The summed E-state index contributed by atoms with van der Waals surface area (Å²) in [4.78, 5) is 22.9. The molecule has 0 unspecified atom stereocenters. The molecule has 0 bridgehead atoms. The van der Waals surface area contributed by atoms with Gasteiger partial charge < -0.3 is 10.5 Å². The minimum absolute atomic E-state index is 0.204. The van der Waals surface area contributed by atoms with Crippen molar-refractivity contribution in [1.82, 2.24) is 9.78 Å². The molecule has 2 aromatic rings. The number of nitrogens with zero attached hydrogens (tertiary/aromatic N) is 1. The number of hydrogen-bond donors (Lipinski definition) is 2. The highest BCUT2D eigenvalue weighted by molar-refractivity contribution is 5.47. The van der Waals surface area contributed by atoms with Gasteiger partial charge in [0.05, 0.1) is 13.2 Å². The van der Waals surface area contributed by atoms with Gasteiger partial charge >= 0.3 is 0 Å². The molecule has 19 heavy (non-hydrogen) atoms. The molecule has 6 heteroatoms. The van der Waals surface area contributed by atoms with E-state index in [0.29, 0.717) is 18.0 Å². The van der Waals surface area contributed by atoms with Gasteiger partial charge in [0.25, 0.3) is 11.1 Å². The Morgan fingerprint density at radius 1 is 1.26 bits per heavy atom. The van der Waals surface area contributed by atoms with Gasteiger partial charge in [-0.1, -0.05) is 0 Å². The molecule has 0 saturated carbocycles. The number of nitrogens with one attached hydrogen (secondary N) is 1. The first-order valence-electron chi connectivity index (χ1n) is 5.91. The number of nitrogens with two attached hydrogens (primary N) is 1. The van der Waals surface area contributed by atoms with Crippen molar-refractivity contribution in [2.75, 3.05) is 12.3 Å². The van der Waals surface area contributed by atoms with E-state index in [1.54, 1.807) is 18.2 Å². The summed E-state index contributed by atoms with van der Waals surface area (Å²) in [5.41, 5.74) is 6.43. The second-order valence-corrected chi connectivity index (χ2v) is 4.03. The highest BCUT2D eigenvalue weighted by Gasteiger charge is 2.06. The molecule has 0 aliphatic carbocycles. The molecule has 0 aliphatic heterocycles. The van der Waals surface area contributed by atoms with E-state index in [1.807, 2.05) is 6.92 Å². The van der Waals surface area contributed by atoms with Crippen molar-refractivity contribution >= 4 is 5.69 Å². The van der Waals surface area contributed by atoms with Crippen LogP contribution in [0.25, 0.3) is 0 Å². The third-order valence-corrected chi connectivity index (χ3v) is 2.60. The minimum atomic E-state index is -0.332. The molecule has 1 aromatic heterocycles. The van der Waals surface area contributed by atoms with E-state index in [2.05, 4.69) is 5.10 Å². The number of nitrogen functional groups attached to an aromatic ring is 1. The van der Waals surface area contributed by atoms with E-state index < -0.39 is 0 Å². The summed E-state index contributed by atoms with van der Waals surface area (Å²) in [6.45, 7) is 2.59. The van der Waals surface area contributed by atoms with Crippen LogP contribution in [0.4, 0.5) is 5.69 Å². The first-order valence-corrected chi connectivity index (χ1v) is 5.91. The first-order chi connectivity index (χ1) is 9.10. The summed E-state index contributed by atoms with van der Waals surface area (Å²) >= 11 is 0. The van der Waals surface area contributed by atoms with E-state index in [0.717, 1.165) is 5.56 Å². The number of aromatic amines is 1. The molecule has 0 saturated heterocycles. The summed E-state index contributed by atoms with van der Waals surface area (Å²) in [6, 6.07) is 7.63. The average Bonchev–Trinajstić information content (AvgIpc) is 2.37. The average molecular weight is 261 g/mol. The summed E-state index contributed by atoms with van der Waals surface area (Å²) in [6.07, 6.45) is 0. The van der Waals surface area contributed by atoms with Crippen LogP contribution >= 0.6 is 0 Å². The number of aromatic nitrogens is 2. The van der Waals surface area contributed by atoms with Crippen LogP contribution in [-0.4, -0.2) is 16.4 Å². The lowest BCUT2D eigenvalue weighted by Crippen LogP contribution is -2.28. The maximum atomic E-state index is 11.7. The second kappa shape index (κ2) is 5.43. The van der Waals surface area contributed by atoms with Gasteiger partial charge in [-0.15, -0.1) is 0 Å². The van der Waals surface area contributed by atoms with Gasteiger partial charge in [-0.2, -0.15) is 0 Å². The van der Waals surface area contributed by atoms with Crippen LogP contribution in [0.2, 0.25) is 0 Å². The van der Waals surface area contributed by atoms with Crippen molar-refractivity contribution < 1.29 is 4.74 Å².